The molecular weight excluding hydrogens is 238 g/mol. The fourth-order valence-electron chi connectivity index (χ4n) is 2.47. The number of nitrogens with zero attached hydrogens (tertiary/aromatic N) is 1. The zero-order chi connectivity index (χ0) is 14.1. The van der Waals surface area contributed by atoms with E-state index in [0.717, 1.165) is 43.3 Å². The van der Waals surface area contributed by atoms with Crippen LogP contribution >= 0.6 is 0 Å². The number of benzene rings is 1. The van der Waals surface area contributed by atoms with Crippen LogP contribution in [0.2, 0.25) is 0 Å². The Kier molecular flexibility index (Phi) is 7.19. The smallest absolute Gasteiger partial charge is 0.214 e. The van der Waals surface area contributed by atoms with Crippen LogP contribution < -0.4 is 4.90 Å². The van der Waals surface area contributed by atoms with Crippen molar-refractivity contribution in [3.05, 3.63) is 29.8 Å². The van der Waals surface area contributed by atoms with Crippen LogP contribution in [0.25, 0.3) is 0 Å². The van der Waals surface area contributed by atoms with Gasteiger partial charge in [0.2, 0.25) is 6.41 Å². The summed E-state index contributed by atoms with van der Waals surface area (Å²) < 4.78 is 5.22. The quantitative estimate of drug-likeness (QED) is 0.635. The lowest BCUT2D eigenvalue weighted by atomic mass is 10.0. The molecule has 19 heavy (non-hydrogen) atoms. The van der Waals surface area contributed by atoms with E-state index in [0.29, 0.717) is 6.61 Å². The maximum atomic E-state index is 11.5. The molecule has 0 saturated carbocycles. The molecular formula is C16H25NO2. The maximum Gasteiger partial charge on any atom is 0.214 e. The summed E-state index contributed by atoms with van der Waals surface area (Å²) in [7, 11) is 1.68. The van der Waals surface area contributed by atoms with Gasteiger partial charge in [-0.2, -0.15) is 0 Å². The topological polar surface area (TPSA) is 29.5 Å². The van der Waals surface area contributed by atoms with Crippen molar-refractivity contribution in [2.24, 2.45) is 0 Å². The molecule has 0 unspecified atom stereocenters. The Morgan fingerprint density at radius 3 is 2.37 bits per heavy atom. The third-order valence-electron chi connectivity index (χ3n) is 3.32. The van der Waals surface area contributed by atoms with Gasteiger partial charge in [0, 0.05) is 24.4 Å². The van der Waals surface area contributed by atoms with Crippen LogP contribution in [0.1, 0.15) is 45.1 Å². The van der Waals surface area contributed by atoms with Gasteiger partial charge in [0.25, 0.3) is 0 Å². The molecule has 0 aliphatic heterocycles. The van der Waals surface area contributed by atoms with Crippen LogP contribution in [0.4, 0.5) is 5.69 Å². The SMILES string of the molecule is CCCC(CCC)N(C=O)c1ccccc1COC. The van der Waals surface area contributed by atoms with Crippen molar-refractivity contribution in [2.45, 2.75) is 52.2 Å². The summed E-state index contributed by atoms with van der Waals surface area (Å²) in [6.07, 6.45) is 5.20. The van der Waals surface area contributed by atoms with Crippen molar-refractivity contribution in [3.8, 4) is 0 Å². The number of para-hydroxylation sites is 1. The summed E-state index contributed by atoms with van der Waals surface area (Å²) in [5.74, 6) is 0. The molecule has 106 valence electrons. The molecule has 1 aromatic carbocycles. The number of hydrogen-bond acceptors (Lipinski definition) is 2. The van der Waals surface area contributed by atoms with Gasteiger partial charge in [-0.3, -0.25) is 4.79 Å². The van der Waals surface area contributed by atoms with Crippen LogP contribution in [0.5, 0.6) is 0 Å². The molecule has 0 fully saturated rings. The van der Waals surface area contributed by atoms with Crippen LogP contribution in [-0.2, 0) is 16.1 Å². The summed E-state index contributed by atoms with van der Waals surface area (Å²) in [6.45, 7) is 4.85. The highest BCUT2D eigenvalue weighted by Crippen LogP contribution is 2.25. The van der Waals surface area contributed by atoms with Crippen LogP contribution in [0.15, 0.2) is 24.3 Å². The highest BCUT2D eigenvalue weighted by molar-refractivity contribution is 5.77. The Morgan fingerprint density at radius 2 is 1.84 bits per heavy atom. The van der Waals surface area contributed by atoms with Gasteiger partial charge >= 0.3 is 0 Å². The number of methoxy groups -OCH3 is 1. The van der Waals surface area contributed by atoms with E-state index in [9.17, 15) is 4.79 Å². The van der Waals surface area contributed by atoms with E-state index < -0.39 is 0 Å². The highest BCUT2D eigenvalue weighted by Gasteiger charge is 2.19. The third-order valence-corrected chi connectivity index (χ3v) is 3.32. The predicted molar refractivity (Wildman–Crippen MR) is 79.3 cm³/mol. The zero-order valence-electron chi connectivity index (χ0n) is 12.3. The van der Waals surface area contributed by atoms with Gasteiger partial charge in [-0.05, 0) is 18.9 Å². The van der Waals surface area contributed by atoms with Gasteiger partial charge in [0.15, 0.2) is 0 Å². The van der Waals surface area contributed by atoms with E-state index in [2.05, 4.69) is 13.8 Å². The average Bonchev–Trinajstić information content (AvgIpc) is 2.42. The first-order valence-electron chi connectivity index (χ1n) is 7.08. The van der Waals surface area contributed by atoms with Crippen LogP contribution in [-0.4, -0.2) is 19.6 Å². The molecule has 0 radical (unpaired) electrons. The van der Waals surface area contributed by atoms with Crippen LogP contribution in [0.3, 0.4) is 0 Å². The average molecular weight is 263 g/mol. The number of anilines is 1. The molecule has 0 N–H and O–H groups in total. The maximum absolute atomic E-state index is 11.5. The van der Waals surface area contributed by atoms with Gasteiger partial charge in [-0.1, -0.05) is 44.9 Å². The minimum absolute atomic E-state index is 0.283. The second kappa shape index (κ2) is 8.70. The highest BCUT2D eigenvalue weighted by atomic mass is 16.5. The lowest BCUT2D eigenvalue weighted by molar-refractivity contribution is -0.108. The van der Waals surface area contributed by atoms with Crippen LogP contribution in [0, 0.1) is 0 Å². The molecule has 0 aromatic heterocycles. The fourth-order valence-corrected chi connectivity index (χ4v) is 2.47. The summed E-state index contributed by atoms with van der Waals surface area (Å²) in [5.41, 5.74) is 2.04. The van der Waals surface area contributed by atoms with Crippen molar-refractivity contribution >= 4 is 12.1 Å². The first-order chi connectivity index (χ1) is 9.28. The lowest BCUT2D eigenvalue weighted by Crippen LogP contribution is -2.34. The Balaban J connectivity index is 3.02. The number of rotatable bonds is 9. The molecule has 1 rings (SSSR count). The minimum Gasteiger partial charge on any atom is -0.380 e. The van der Waals surface area contributed by atoms with Crippen molar-refractivity contribution in [1.29, 1.82) is 0 Å². The Labute approximate surface area is 116 Å². The number of carbonyl (C=O) groups is 1. The normalized spacial score (nSPS) is 10.7. The molecule has 0 aliphatic rings. The molecule has 0 aliphatic carbocycles. The minimum atomic E-state index is 0.283. The second-order valence-electron chi connectivity index (χ2n) is 4.81. The first-order valence-corrected chi connectivity index (χ1v) is 7.08. The number of hydrogen-bond donors (Lipinski definition) is 0. The molecule has 0 bridgehead atoms. The van der Waals surface area contributed by atoms with E-state index in [-0.39, 0.29) is 6.04 Å². The van der Waals surface area contributed by atoms with E-state index in [1.54, 1.807) is 7.11 Å². The number of ether oxygens (including phenoxy) is 1. The summed E-state index contributed by atoms with van der Waals surface area (Å²) in [4.78, 5) is 13.4. The fraction of sp³-hybridized carbons (Fsp3) is 0.562. The van der Waals surface area contributed by atoms with Gasteiger partial charge in [0.1, 0.15) is 0 Å². The van der Waals surface area contributed by atoms with Gasteiger partial charge < -0.3 is 9.64 Å². The zero-order valence-corrected chi connectivity index (χ0v) is 12.3. The first kappa shape index (κ1) is 15.7. The Bertz CT molecular complexity index is 373. The van der Waals surface area contributed by atoms with Gasteiger partial charge in [-0.25, -0.2) is 0 Å². The molecule has 0 atom stereocenters. The Hall–Kier alpha value is -1.35. The lowest BCUT2D eigenvalue weighted by Gasteiger charge is -2.29. The largest absolute Gasteiger partial charge is 0.380 e. The Morgan fingerprint density at radius 1 is 1.21 bits per heavy atom. The van der Waals surface area contributed by atoms with E-state index in [4.69, 9.17) is 4.74 Å². The number of carbonyl (C=O) groups excluding carboxylic acids is 1. The molecule has 0 spiro atoms. The molecule has 1 amide bonds. The molecule has 1 aromatic rings. The third kappa shape index (κ3) is 4.35. The van der Waals surface area contributed by atoms with Crippen molar-refractivity contribution in [2.75, 3.05) is 12.0 Å². The molecule has 3 nitrogen and oxygen atoms in total. The standard InChI is InChI=1S/C16H25NO2/c1-4-8-15(9-5-2)17(13-18)16-11-7-6-10-14(16)12-19-3/h6-7,10-11,13,15H,4-5,8-9,12H2,1-3H3. The molecule has 0 saturated heterocycles. The van der Waals surface area contributed by atoms with E-state index >= 15 is 0 Å². The van der Waals surface area contributed by atoms with Gasteiger partial charge in [-0.15, -0.1) is 0 Å². The summed E-state index contributed by atoms with van der Waals surface area (Å²) >= 11 is 0. The predicted octanol–water partition coefficient (Wildman–Crippen LogP) is 3.76. The van der Waals surface area contributed by atoms with Crippen molar-refractivity contribution in [3.63, 3.8) is 0 Å². The van der Waals surface area contributed by atoms with E-state index in [1.807, 2.05) is 29.2 Å². The van der Waals surface area contributed by atoms with Gasteiger partial charge in [0.05, 0.1) is 6.61 Å². The molecule has 3 heteroatoms. The monoisotopic (exact) mass is 263 g/mol. The molecule has 0 heterocycles. The second-order valence-corrected chi connectivity index (χ2v) is 4.81. The van der Waals surface area contributed by atoms with E-state index in [1.165, 1.54) is 0 Å². The van der Waals surface area contributed by atoms with Crippen molar-refractivity contribution < 1.29 is 9.53 Å². The summed E-state index contributed by atoms with van der Waals surface area (Å²) in [5, 5.41) is 0. The summed E-state index contributed by atoms with van der Waals surface area (Å²) in [6, 6.07) is 8.26. The number of amides is 1. The van der Waals surface area contributed by atoms with Crippen molar-refractivity contribution in [1.82, 2.24) is 0 Å².